The van der Waals surface area contributed by atoms with Crippen LogP contribution in [-0.2, 0) is 27.5 Å². The van der Waals surface area contributed by atoms with Crippen molar-refractivity contribution in [1.82, 2.24) is 4.90 Å². The van der Waals surface area contributed by atoms with Crippen LogP contribution < -0.4 is 19.5 Å². The van der Waals surface area contributed by atoms with Crippen LogP contribution >= 0.6 is 11.3 Å². The number of nitrogens with zero attached hydrogens (tertiary/aromatic N) is 1. The third-order valence-corrected chi connectivity index (χ3v) is 8.52. The maximum atomic E-state index is 12.6. The monoisotopic (exact) mass is 612 g/mol. The molecule has 43 heavy (non-hydrogen) atoms. The van der Waals surface area contributed by atoms with E-state index in [4.69, 9.17) is 24.4 Å². The fraction of sp³-hybridized carbons (Fsp3) is 0.419. The molecule has 0 unspecified atom stereocenters. The van der Waals surface area contributed by atoms with Crippen LogP contribution in [0.4, 0.5) is 5.69 Å². The zero-order valence-corrected chi connectivity index (χ0v) is 25.4. The van der Waals surface area contributed by atoms with E-state index in [-0.39, 0.29) is 24.5 Å². The fourth-order valence-electron chi connectivity index (χ4n) is 4.79. The maximum Gasteiger partial charge on any atom is 0.306 e. The molecule has 0 radical (unpaired) electrons. The van der Waals surface area contributed by atoms with Crippen LogP contribution in [0.5, 0.6) is 17.2 Å². The molecule has 1 aliphatic heterocycles. The summed E-state index contributed by atoms with van der Waals surface area (Å²) in [7, 11) is 3.13. The Hall–Kier alpha value is -4.32. The third kappa shape index (κ3) is 7.56. The molecule has 0 bridgehead atoms. The number of thiophene rings is 1. The van der Waals surface area contributed by atoms with Gasteiger partial charge in [0.1, 0.15) is 5.75 Å². The first-order valence-corrected chi connectivity index (χ1v) is 14.8. The molecule has 0 saturated carbocycles. The van der Waals surface area contributed by atoms with E-state index in [1.54, 1.807) is 25.2 Å². The molecule has 0 saturated heterocycles. The van der Waals surface area contributed by atoms with Gasteiger partial charge in [-0.3, -0.25) is 19.2 Å². The number of carbonyl (C=O) groups excluding carboxylic acids is 2. The fourth-order valence-corrected chi connectivity index (χ4v) is 5.81. The van der Waals surface area contributed by atoms with E-state index in [9.17, 15) is 19.2 Å². The molecule has 1 aromatic heterocycles. The van der Waals surface area contributed by atoms with Gasteiger partial charge in [0.2, 0.25) is 5.91 Å². The Bertz CT molecular complexity index is 1530. The van der Waals surface area contributed by atoms with E-state index in [1.807, 2.05) is 24.3 Å². The molecule has 0 spiro atoms. The minimum absolute atomic E-state index is 0.0406. The second-order valence-corrected chi connectivity index (χ2v) is 11.7. The summed E-state index contributed by atoms with van der Waals surface area (Å²) in [4.78, 5) is 49.6. The van der Waals surface area contributed by atoms with E-state index in [0.717, 1.165) is 26.9 Å². The summed E-state index contributed by atoms with van der Waals surface area (Å²) in [5.74, 6) is -2.15. The molecule has 11 nitrogen and oxygen atoms in total. The number of nitrogens with one attached hydrogen (secondary N) is 1. The Morgan fingerprint density at radius 3 is 2.19 bits per heavy atom. The highest BCUT2D eigenvalue weighted by Crippen LogP contribution is 2.38. The van der Waals surface area contributed by atoms with Crippen LogP contribution in [0.25, 0.3) is 10.1 Å². The number of rotatable bonds is 15. The number of amides is 1. The average Bonchev–Trinajstić information content (AvgIpc) is 3.59. The van der Waals surface area contributed by atoms with E-state index in [0.29, 0.717) is 54.8 Å². The van der Waals surface area contributed by atoms with Crippen molar-refractivity contribution in [3.63, 3.8) is 0 Å². The first-order chi connectivity index (χ1) is 20.5. The van der Waals surface area contributed by atoms with Crippen LogP contribution in [0.1, 0.15) is 53.9 Å². The molecule has 3 aromatic rings. The zero-order valence-electron chi connectivity index (χ0n) is 24.6. The molecule has 2 aromatic carbocycles. The predicted octanol–water partition coefficient (Wildman–Crippen LogP) is 5.05. The van der Waals surface area contributed by atoms with Gasteiger partial charge in [0, 0.05) is 43.2 Å². The summed E-state index contributed by atoms with van der Waals surface area (Å²) < 4.78 is 17.9. The van der Waals surface area contributed by atoms with Gasteiger partial charge in [-0.05, 0) is 47.2 Å². The quantitative estimate of drug-likeness (QED) is 0.157. The average molecular weight is 613 g/mol. The van der Waals surface area contributed by atoms with Gasteiger partial charge in [-0.25, -0.2) is 0 Å². The van der Waals surface area contributed by atoms with Crippen molar-refractivity contribution in [1.29, 1.82) is 0 Å². The van der Waals surface area contributed by atoms with Crippen molar-refractivity contribution < 1.29 is 43.6 Å². The summed E-state index contributed by atoms with van der Waals surface area (Å²) in [6.07, 6.45) is 0.549. The first kappa shape index (κ1) is 31.6. The van der Waals surface area contributed by atoms with Crippen LogP contribution in [0.15, 0.2) is 30.3 Å². The van der Waals surface area contributed by atoms with Crippen LogP contribution in [0, 0.1) is 11.8 Å². The zero-order chi connectivity index (χ0) is 31.3. The number of aliphatic carboxylic acids is 2. The molecule has 230 valence electrons. The van der Waals surface area contributed by atoms with Gasteiger partial charge < -0.3 is 34.6 Å². The molecule has 1 amide bonds. The number of ketones is 1. The van der Waals surface area contributed by atoms with E-state index in [2.05, 4.69) is 5.32 Å². The topological polar surface area (TPSA) is 152 Å². The highest BCUT2D eigenvalue weighted by Gasteiger charge is 2.27. The highest BCUT2D eigenvalue weighted by molar-refractivity contribution is 7.20. The number of fused-ring (bicyclic) bond motifs is 2. The van der Waals surface area contributed by atoms with Crippen molar-refractivity contribution >= 4 is 50.7 Å². The summed E-state index contributed by atoms with van der Waals surface area (Å²) in [6, 6.07) is 9.27. The lowest BCUT2D eigenvalue weighted by atomic mass is 10.0. The highest BCUT2D eigenvalue weighted by atomic mass is 32.1. The second kappa shape index (κ2) is 13.8. The third-order valence-electron chi connectivity index (χ3n) is 7.38. The van der Waals surface area contributed by atoms with Crippen LogP contribution in [-0.4, -0.2) is 66.1 Å². The maximum absolute atomic E-state index is 12.6. The number of carbonyl (C=O) groups is 4. The van der Waals surface area contributed by atoms with Crippen molar-refractivity contribution in [2.24, 2.45) is 11.8 Å². The van der Waals surface area contributed by atoms with E-state index >= 15 is 0 Å². The largest absolute Gasteiger partial charge is 0.495 e. The van der Waals surface area contributed by atoms with Crippen molar-refractivity contribution in [2.45, 2.75) is 46.2 Å². The molecule has 3 N–H and O–H groups in total. The van der Waals surface area contributed by atoms with E-state index < -0.39 is 23.8 Å². The minimum atomic E-state index is -1.00. The normalized spacial score (nSPS) is 13.7. The van der Waals surface area contributed by atoms with Gasteiger partial charge in [-0.1, -0.05) is 13.8 Å². The van der Waals surface area contributed by atoms with Crippen molar-refractivity contribution in [3.8, 4) is 17.2 Å². The molecule has 0 fully saturated rings. The lowest BCUT2D eigenvalue weighted by Gasteiger charge is -2.16. The van der Waals surface area contributed by atoms with Gasteiger partial charge >= 0.3 is 11.9 Å². The molecule has 2 heterocycles. The van der Waals surface area contributed by atoms with Gasteiger partial charge in [0.05, 0.1) is 43.2 Å². The Morgan fingerprint density at radius 1 is 0.884 bits per heavy atom. The number of carboxylic acid groups (broad SMARTS) is 2. The van der Waals surface area contributed by atoms with Crippen molar-refractivity contribution in [2.75, 3.05) is 32.7 Å². The summed E-state index contributed by atoms with van der Waals surface area (Å²) in [5.41, 5.74) is 2.75. The summed E-state index contributed by atoms with van der Waals surface area (Å²) >= 11 is 1.30. The molecule has 12 heteroatoms. The summed E-state index contributed by atoms with van der Waals surface area (Å²) in [6.45, 7) is 4.84. The van der Waals surface area contributed by atoms with Gasteiger partial charge in [0.25, 0.3) is 0 Å². The number of hydrogen-bond acceptors (Lipinski definition) is 9. The Morgan fingerprint density at radius 2 is 1.53 bits per heavy atom. The number of ether oxygens (including phenoxy) is 3. The smallest absolute Gasteiger partial charge is 0.306 e. The van der Waals surface area contributed by atoms with Gasteiger partial charge in [-0.2, -0.15) is 0 Å². The Kier molecular flexibility index (Phi) is 10.1. The van der Waals surface area contributed by atoms with E-state index in [1.165, 1.54) is 25.2 Å². The number of hydrogen-bond donors (Lipinski definition) is 3. The number of benzene rings is 2. The molecular weight excluding hydrogens is 576 g/mol. The Labute approximate surface area is 253 Å². The van der Waals surface area contributed by atoms with Crippen LogP contribution in [0.2, 0.25) is 0 Å². The molecule has 1 aliphatic rings. The first-order valence-electron chi connectivity index (χ1n) is 13.9. The standard InChI is InChI=1S/C31H36N2O9S/c1-17(30(36)37)8-23(34)28-13-19-11-26(25(41-4)14-27(19)43-28)42-7-5-6-32-22-10-20-15-33(16-21(20)12-24(22)40-3)29(35)9-18(2)31(38)39/h10-14,17-18,32H,5-9,15-16H2,1-4H3,(H,36,37)(H,38,39)/t17-,18-/m0/s1. The molecule has 0 aliphatic carbocycles. The lowest BCUT2D eigenvalue weighted by Crippen LogP contribution is -2.28. The number of Topliss-reactive ketones (excluding diaryl/α,β-unsaturated/α-hetero) is 1. The second-order valence-electron chi connectivity index (χ2n) is 10.7. The summed E-state index contributed by atoms with van der Waals surface area (Å²) in [5, 5.41) is 22.4. The minimum Gasteiger partial charge on any atom is -0.495 e. The molecule has 4 rings (SSSR count). The lowest BCUT2D eigenvalue weighted by molar-refractivity contribution is -0.145. The SMILES string of the molecule is COc1cc2c(cc1NCCCOc1cc3cc(C(=O)C[C@H](C)C(=O)O)sc3cc1OC)CN(C(=O)C[C@H](C)C(=O)O)C2. The Balaban J connectivity index is 1.34. The van der Waals surface area contributed by atoms with Gasteiger partial charge in [-0.15, -0.1) is 11.3 Å². The number of anilines is 1. The van der Waals surface area contributed by atoms with Crippen molar-refractivity contribution in [3.05, 3.63) is 46.3 Å². The number of carboxylic acids is 2. The molecular formula is C31H36N2O9S. The predicted molar refractivity (Wildman–Crippen MR) is 161 cm³/mol. The number of methoxy groups -OCH3 is 2. The van der Waals surface area contributed by atoms with Gasteiger partial charge in [0.15, 0.2) is 17.3 Å². The van der Waals surface area contributed by atoms with Crippen LogP contribution in [0.3, 0.4) is 0 Å². The molecule has 2 atom stereocenters.